The fourth-order valence-electron chi connectivity index (χ4n) is 7.67. The van der Waals surface area contributed by atoms with Gasteiger partial charge in [-0.25, -0.2) is 0 Å². The van der Waals surface area contributed by atoms with E-state index >= 15 is 0 Å². The summed E-state index contributed by atoms with van der Waals surface area (Å²) in [7, 11) is 6.81. The Hall–Kier alpha value is -6.66. The molecule has 0 aliphatic heterocycles. The van der Waals surface area contributed by atoms with Gasteiger partial charge < -0.3 is 28.7 Å². The van der Waals surface area contributed by atoms with Gasteiger partial charge in [-0.1, -0.05) is 30.4 Å². The second kappa shape index (κ2) is 15.0. The van der Waals surface area contributed by atoms with Crippen LogP contribution in [-0.4, -0.2) is 28.4 Å². The maximum absolute atomic E-state index is 5.64. The van der Waals surface area contributed by atoms with E-state index in [4.69, 9.17) is 18.9 Å². The number of benzene rings is 6. The molecule has 6 heteroatoms. The summed E-state index contributed by atoms with van der Waals surface area (Å²) in [5.41, 5.74) is 15.5. The van der Waals surface area contributed by atoms with Crippen LogP contribution in [0.15, 0.2) is 151 Å². The van der Waals surface area contributed by atoms with E-state index in [0.29, 0.717) is 0 Å². The molecule has 8 rings (SSSR count). The topological polar surface area (TPSA) is 43.4 Å². The quantitative estimate of drug-likeness (QED) is 0.132. The Kier molecular flexibility index (Phi) is 9.64. The van der Waals surface area contributed by atoms with Gasteiger partial charge in [0, 0.05) is 34.1 Å². The second-order valence-electron chi connectivity index (χ2n) is 13.7. The zero-order chi connectivity index (χ0) is 38.1. The van der Waals surface area contributed by atoms with Crippen LogP contribution in [0.25, 0.3) is 16.7 Å². The van der Waals surface area contributed by atoms with Crippen LogP contribution >= 0.6 is 0 Å². The van der Waals surface area contributed by atoms with Gasteiger partial charge in [-0.05, 0) is 180 Å². The van der Waals surface area contributed by atoms with Gasteiger partial charge in [0.25, 0.3) is 0 Å². The molecule has 55 heavy (non-hydrogen) atoms. The molecule has 0 saturated carbocycles. The van der Waals surface area contributed by atoms with Gasteiger partial charge >= 0.3 is 0 Å². The Bertz CT molecular complexity index is 2320. The number of rotatable bonds is 11. The van der Waals surface area contributed by atoms with Crippen molar-refractivity contribution in [2.24, 2.45) is 0 Å². The summed E-state index contributed by atoms with van der Waals surface area (Å²) in [6.45, 7) is 4.16. The third kappa shape index (κ3) is 6.72. The van der Waals surface area contributed by atoms with Crippen molar-refractivity contribution in [1.82, 2.24) is 0 Å². The molecule has 0 aromatic heterocycles. The molecule has 0 amide bonds. The van der Waals surface area contributed by atoms with Gasteiger partial charge in [-0.2, -0.15) is 0 Å². The SMILES string of the molecule is COc1ccc(N(c2ccc(OC)c(C)c2)c2ccc3c(c2)C(=CC2=CCC=C2)c2cc(N(c4ccc(OC)cc4)c4ccc(OC)c(C)c4)ccc2-3)cc1. The molecule has 0 fully saturated rings. The monoisotopic (exact) mass is 724 g/mol. The van der Waals surface area contributed by atoms with Crippen molar-refractivity contribution < 1.29 is 18.9 Å². The molecule has 0 N–H and O–H groups in total. The van der Waals surface area contributed by atoms with Crippen molar-refractivity contribution in [2.75, 3.05) is 38.2 Å². The van der Waals surface area contributed by atoms with E-state index in [2.05, 4.69) is 133 Å². The van der Waals surface area contributed by atoms with E-state index in [0.717, 1.165) is 74.7 Å². The number of allylic oxidation sites excluding steroid dienone is 5. The van der Waals surface area contributed by atoms with E-state index in [1.165, 1.54) is 33.4 Å². The molecule has 2 aliphatic rings. The molecule has 274 valence electrons. The molecule has 0 atom stereocenters. The van der Waals surface area contributed by atoms with Gasteiger partial charge in [-0.15, -0.1) is 0 Å². The Labute approximate surface area is 323 Å². The van der Waals surface area contributed by atoms with E-state index < -0.39 is 0 Å². The fourth-order valence-corrected chi connectivity index (χ4v) is 7.67. The van der Waals surface area contributed by atoms with Gasteiger partial charge in [0.05, 0.1) is 28.4 Å². The number of hydrogen-bond acceptors (Lipinski definition) is 6. The van der Waals surface area contributed by atoms with Gasteiger partial charge in [-0.3, -0.25) is 0 Å². The summed E-state index contributed by atoms with van der Waals surface area (Å²) < 4.78 is 22.3. The molecule has 0 saturated heterocycles. The van der Waals surface area contributed by atoms with E-state index in [1.54, 1.807) is 28.4 Å². The normalized spacial score (nSPS) is 12.5. The zero-order valence-corrected chi connectivity index (χ0v) is 32.1. The van der Waals surface area contributed by atoms with Gasteiger partial charge in [0.2, 0.25) is 0 Å². The molecule has 6 aromatic rings. The van der Waals surface area contributed by atoms with Crippen LogP contribution in [0.3, 0.4) is 0 Å². The van der Waals surface area contributed by atoms with Crippen LogP contribution in [0.5, 0.6) is 23.0 Å². The molecular formula is C49H44N2O4. The minimum absolute atomic E-state index is 0.811. The molecule has 6 aromatic carbocycles. The lowest BCUT2D eigenvalue weighted by Crippen LogP contribution is -2.10. The first kappa shape index (κ1) is 35.4. The smallest absolute Gasteiger partial charge is 0.121 e. The molecule has 0 radical (unpaired) electrons. The standard InChI is InChI=1S/C49H44N2O4/c1-32-27-37(17-25-48(32)54-5)50(35-11-19-41(52-3)20-12-35)39-15-23-43-44-24-16-40(31-47(44)45(46(43)30-39)29-34-9-7-8-10-34)51(36-13-21-42(53-4)22-14-36)38-18-26-49(55-6)33(2)28-38/h7,9-31H,8H2,1-6H3. The summed E-state index contributed by atoms with van der Waals surface area (Å²) in [5, 5.41) is 0. The van der Waals surface area contributed by atoms with E-state index in [9.17, 15) is 0 Å². The average molecular weight is 725 g/mol. The Morgan fingerprint density at radius 2 is 0.873 bits per heavy atom. The van der Waals surface area contributed by atoms with Gasteiger partial charge in [0.15, 0.2) is 0 Å². The predicted molar refractivity (Wildman–Crippen MR) is 226 cm³/mol. The van der Waals surface area contributed by atoms with Crippen LogP contribution in [-0.2, 0) is 0 Å². The molecule has 2 aliphatic carbocycles. The lowest BCUT2D eigenvalue weighted by atomic mass is 9.99. The summed E-state index contributed by atoms with van der Waals surface area (Å²) in [5.74, 6) is 3.34. The predicted octanol–water partition coefficient (Wildman–Crippen LogP) is 12.6. The number of anilines is 6. The van der Waals surface area contributed by atoms with Crippen molar-refractivity contribution in [1.29, 1.82) is 0 Å². The highest BCUT2D eigenvalue weighted by Crippen LogP contribution is 2.50. The first-order valence-electron chi connectivity index (χ1n) is 18.4. The summed E-state index contributed by atoms with van der Waals surface area (Å²) in [6, 6.07) is 42.7. The van der Waals surface area contributed by atoms with Crippen molar-refractivity contribution in [3.63, 3.8) is 0 Å². The number of fused-ring (bicyclic) bond motifs is 3. The van der Waals surface area contributed by atoms with E-state index in [-0.39, 0.29) is 0 Å². The van der Waals surface area contributed by atoms with Crippen LogP contribution in [0.2, 0.25) is 0 Å². The fraction of sp³-hybridized carbons (Fsp3) is 0.143. The van der Waals surface area contributed by atoms with Crippen LogP contribution < -0.4 is 28.7 Å². The lowest BCUT2D eigenvalue weighted by Gasteiger charge is -2.27. The second-order valence-corrected chi connectivity index (χ2v) is 13.7. The summed E-state index contributed by atoms with van der Waals surface area (Å²) in [6.07, 6.45) is 9.98. The minimum atomic E-state index is 0.811. The maximum Gasteiger partial charge on any atom is 0.121 e. The number of hydrogen-bond donors (Lipinski definition) is 0. The molecular weight excluding hydrogens is 681 g/mol. The van der Waals surface area contributed by atoms with Crippen molar-refractivity contribution in [3.05, 3.63) is 173 Å². The van der Waals surface area contributed by atoms with Gasteiger partial charge in [0.1, 0.15) is 23.0 Å². The highest BCUT2D eigenvalue weighted by atomic mass is 16.5. The summed E-state index contributed by atoms with van der Waals surface area (Å²) >= 11 is 0. The Balaban J connectivity index is 1.28. The molecule has 0 heterocycles. The first-order valence-corrected chi connectivity index (χ1v) is 18.4. The van der Waals surface area contributed by atoms with E-state index in [1.807, 2.05) is 36.4 Å². The molecule has 0 spiro atoms. The van der Waals surface area contributed by atoms with Crippen LogP contribution in [0.1, 0.15) is 28.7 Å². The van der Waals surface area contributed by atoms with Crippen LogP contribution in [0, 0.1) is 13.8 Å². The highest BCUT2D eigenvalue weighted by molar-refractivity contribution is 6.04. The summed E-state index contributed by atoms with van der Waals surface area (Å²) in [4.78, 5) is 4.59. The average Bonchev–Trinajstić information content (AvgIpc) is 3.85. The largest absolute Gasteiger partial charge is 0.497 e. The van der Waals surface area contributed by atoms with Crippen molar-refractivity contribution in [3.8, 4) is 34.1 Å². The number of aryl methyl sites for hydroxylation is 2. The molecule has 6 nitrogen and oxygen atoms in total. The third-order valence-electron chi connectivity index (χ3n) is 10.4. The first-order chi connectivity index (χ1) is 26.9. The third-order valence-corrected chi connectivity index (χ3v) is 10.4. The number of methoxy groups -OCH3 is 4. The van der Waals surface area contributed by atoms with Crippen LogP contribution in [0.4, 0.5) is 34.1 Å². The number of ether oxygens (including phenoxy) is 4. The zero-order valence-electron chi connectivity index (χ0n) is 32.1. The molecule has 0 unspecified atom stereocenters. The maximum atomic E-state index is 5.64. The Morgan fingerprint density at radius 1 is 0.455 bits per heavy atom. The van der Waals surface area contributed by atoms with Crippen molar-refractivity contribution >= 4 is 39.7 Å². The number of nitrogens with zero attached hydrogens (tertiary/aromatic N) is 2. The Morgan fingerprint density at radius 3 is 1.25 bits per heavy atom. The van der Waals surface area contributed by atoms with Crippen molar-refractivity contribution in [2.45, 2.75) is 20.3 Å². The lowest BCUT2D eigenvalue weighted by molar-refractivity contribution is 0.411. The highest BCUT2D eigenvalue weighted by Gasteiger charge is 2.28. The minimum Gasteiger partial charge on any atom is -0.497 e. The molecule has 0 bridgehead atoms.